The Morgan fingerprint density at radius 2 is 2.00 bits per heavy atom. The molecule has 0 saturated carbocycles. The molecular weight excluding hydrogens is 344 g/mol. The Bertz CT molecular complexity index is 827. The molecule has 0 aliphatic heterocycles. The second-order valence-electron chi connectivity index (χ2n) is 4.89. The molecule has 0 atom stereocenters. The van der Waals surface area contributed by atoms with Crippen LogP contribution in [-0.2, 0) is 0 Å². The van der Waals surface area contributed by atoms with Gasteiger partial charge in [-0.15, -0.1) is 5.10 Å². The lowest BCUT2D eigenvalue weighted by Crippen LogP contribution is -2.00. The summed E-state index contributed by atoms with van der Waals surface area (Å²) in [5.41, 5.74) is 2.20. The molecule has 23 heavy (non-hydrogen) atoms. The largest absolute Gasteiger partial charge is 0.493 e. The Hall–Kier alpha value is -1.63. The molecule has 6 heteroatoms. The van der Waals surface area contributed by atoms with E-state index in [1.165, 1.54) is 16.9 Å². The average Bonchev–Trinajstić information content (AvgIpc) is 2.93. The van der Waals surface area contributed by atoms with Gasteiger partial charge in [-0.25, -0.2) is 4.68 Å². The maximum absolute atomic E-state index is 5.75. The number of nitrogens with zero attached hydrogens (tertiary/aromatic N) is 2. The number of thioether (sulfide) groups is 1. The van der Waals surface area contributed by atoms with Crippen LogP contribution in [0.3, 0.4) is 0 Å². The number of hydrogen-bond acceptors (Lipinski definition) is 5. The van der Waals surface area contributed by atoms with E-state index in [0.29, 0.717) is 6.61 Å². The number of rotatable bonds is 6. The number of benzene rings is 2. The van der Waals surface area contributed by atoms with Crippen LogP contribution in [0.1, 0.15) is 5.56 Å². The van der Waals surface area contributed by atoms with E-state index >= 15 is 0 Å². The van der Waals surface area contributed by atoms with Crippen molar-refractivity contribution in [3.63, 3.8) is 0 Å². The molecule has 0 aliphatic carbocycles. The SMILES string of the molecule is Cc1cccc(OCCSc2nn(-c3ccccc3)c(=S)s2)c1. The number of aryl methyl sites for hydroxylation is 1. The Labute approximate surface area is 148 Å². The molecular formula is C17H16N2OS3. The van der Waals surface area contributed by atoms with E-state index in [9.17, 15) is 0 Å². The van der Waals surface area contributed by atoms with Gasteiger partial charge in [0.15, 0.2) is 8.29 Å². The fraction of sp³-hybridized carbons (Fsp3) is 0.176. The molecule has 3 aromatic rings. The van der Waals surface area contributed by atoms with Gasteiger partial charge in [0.1, 0.15) is 5.75 Å². The monoisotopic (exact) mass is 360 g/mol. The summed E-state index contributed by atoms with van der Waals surface area (Å²) in [4.78, 5) is 0. The Morgan fingerprint density at radius 1 is 1.17 bits per heavy atom. The smallest absolute Gasteiger partial charge is 0.184 e. The molecule has 0 aliphatic rings. The van der Waals surface area contributed by atoms with Crippen molar-refractivity contribution in [1.82, 2.24) is 9.78 Å². The van der Waals surface area contributed by atoms with Gasteiger partial charge in [0.05, 0.1) is 12.3 Å². The van der Waals surface area contributed by atoms with E-state index in [-0.39, 0.29) is 0 Å². The van der Waals surface area contributed by atoms with Gasteiger partial charge in [0.2, 0.25) is 0 Å². The molecule has 0 saturated heterocycles. The van der Waals surface area contributed by atoms with Crippen LogP contribution in [0.4, 0.5) is 0 Å². The maximum atomic E-state index is 5.75. The quantitative estimate of drug-likeness (QED) is 0.345. The molecule has 0 amide bonds. The normalized spacial score (nSPS) is 10.7. The summed E-state index contributed by atoms with van der Waals surface area (Å²) in [5, 5.41) is 4.58. The number of para-hydroxylation sites is 1. The lowest BCUT2D eigenvalue weighted by atomic mass is 10.2. The summed E-state index contributed by atoms with van der Waals surface area (Å²) < 4.78 is 9.29. The van der Waals surface area contributed by atoms with Crippen LogP contribution in [0.15, 0.2) is 58.9 Å². The Kier molecular flexibility index (Phi) is 5.48. The Morgan fingerprint density at radius 3 is 2.78 bits per heavy atom. The molecule has 1 aromatic heterocycles. The van der Waals surface area contributed by atoms with Gasteiger partial charge < -0.3 is 4.74 Å². The van der Waals surface area contributed by atoms with Gasteiger partial charge in [0.25, 0.3) is 0 Å². The van der Waals surface area contributed by atoms with E-state index in [1.807, 2.05) is 53.2 Å². The van der Waals surface area contributed by atoms with Crippen molar-refractivity contribution in [1.29, 1.82) is 0 Å². The van der Waals surface area contributed by atoms with Crippen molar-refractivity contribution >= 4 is 35.3 Å². The highest BCUT2D eigenvalue weighted by Gasteiger charge is 2.06. The van der Waals surface area contributed by atoms with Crippen molar-refractivity contribution in [2.75, 3.05) is 12.4 Å². The van der Waals surface area contributed by atoms with Crippen LogP contribution < -0.4 is 4.74 Å². The van der Waals surface area contributed by atoms with Gasteiger partial charge >= 0.3 is 0 Å². The molecule has 0 N–H and O–H groups in total. The zero-order valence-corrected chi connectivity index (χ0v) is 15.1. The molecule has 0 radical (unpaired) electrons. The van der Waals surface area contributed by atoms with Crippen molar-refractivity contribution < 1.29 is 4.74 Å². The van der Waals surface area contributed by atoms with E-state index < -0.39 is 0 Å². The fourth-order valence-electron chi connectivity index (χ4n) is 2.05. The zero-order valence-electron chi connectivity index (χ0n) is 12.6. The van der Waals surface area contributed by atoms with Gasteiger partial charge in [-0.1, -0.05) is 53.4 Å². The van der Waals surface area contributed by atoms with Crippen LogP contribution in [0.25, 0.3) is 5.69 Å². The van der Waals surface area contributed by atoms with Crippen molar-refractivity contribution in [2.45, 2.75) is 11.3 Å². The molecule has 2 aromatic carbocycles. The van der Waals surface area contributed by atoms with Gasteiger partial charge in [0, 0.05) is 5.75 Å². The van der Waals surface area contributed by atoms with Crippen molar-refractivity contribution in [3.8, 4) is 11.4 Å². The average molecular weight is 361 g/mol. The molecule has 3 nitrogen and oxygen atoms in total. The predicted octanol–water partition coefficient (Wildman–Crippen LogP) is 5.14. The van der Waals surface area contributed by atoms with Crippen LogP contribution in [0.2, 0.25) is 0 Å². The van der Waals surface area contributed by atoms with Crippen molar-refractivity contribution in [2.24, 2.45) is 0 Å². The molecule has 0 bridgehead atoms. The molecule has 0 fully saturated rings. The molecule has 0 unspecified atom stereocenters. The van der Waals surface area contributed by atoms with E-state index in [4.69, 9.17) is 17.0 Å². The summed E-state index contributed by atoms with van der Waals surface area (Å²) in [7, 11) is 0. The van der Waals surface area contributed by atoms with Gasteiger partial charge in [-0.05, 0) is 49.0 Å². The summed E-state index contributed by atoms with van der Waals surface area (Å²) in [6.07, 6.45) is 0. The first kappa shape index (κ1) is 16.2. The minimum atomic E-state index is 0.645. The number of hydrogen-bond donors (Lipinski definition) is 0. The van der Waals surface area contributed by atoms with Crippen LogP contribution in [0, 0.1) is 10.9 Å². The van der Waals surface area contributed by atoms with Gasteiger partial charge in [-0.3, -0.25) is 0 Å². The van der Waals surface area contributed by atoms with Crippen LogP contribution in [-0.4, -0.2) is 22.1 Å². The molecule has 0 spiro atoms. The number of ether oxygens (including phenoxy) is 1. The highest BCUT2D eigenvalue weighted by atomic mass is 32.2. The summed E-state index contributed by atoms with van der Waals surface area (Å²) in [6.45, 7) is 2.70. The predicted molar refractivity (Wildman–Crippen MR) is 99.7 cm³/mol. The second-order valence-corrected chi connectivity index (χ2v) is 7.86. The Balaban J connectivity index is 1.56. The zero-order chi connectivity index (χ0) is 16.1. The highest BCUT2D eigenvalue weighted by molar-refractivity contribution is 8.01. The summed E-state index contributed by atoms with van der Waals surface area (Å²) >= 11 is 8.60. The lowest BCUT2D eigenvalue weighted by molar-refractivity contribution is 0.343. The summed E-state index contributed by atoms with van der Waals surface area (Å²) in [6, 6.07) is 18.0. The first-order valence-electron chi connectivity index (χ1n) is 7.20. The maximum Gasteiger partial charge on any atom is 0.184 e. The summed E-state index contributed by atoms with van der Waals surface area (Å²) in [5.74, 6) is 1.75. The molecule has 118 valence electrons. The lowest BCUT2D eigenvalue weighted by Gasteiger charge is -2.05. The standard InChI is InChI=1S/C17H16N2OS3/c1-13-6-5-9-15(12-13)20-10-11-22-16-18-19(17(21)23-16)14-7-3-2-4-8-14/h2-9,12H,10-11H2,1H3. The first-order chi connectivity index (χ1) is 11.2. The first-order valence-corrected chi connectivity index (χ1v) is 9.41. The number of aromatic nitrogens is 2. The second kappa shape index (κ2) is 7.77. The third kappa shape index (κ3) is 4.43. The van der Waals surface area contributed by atoms with Gasteiger partial charge in [-0.2, -0.15) is 0 Å². The molecule has 1 heterocycles. The minimum Gasteiger partial charge on any atom is -0.493 e. The third-order valence-corrected chi connectivity index (χ3v) is 5.43. The molecule has 3 rings (SSSR count). The van der Waals surface area contributed by atoms with E-state index in [2.05, 4.69) is 18.1 Å². The third-order valence-electron chi connectivity index (χ3n) is 3.10. The van der Waals surface area contributed by atoms with Crippen LogP contribution in [0.5, 0.6) is 5.75 Å². The topological polar surface area (TPSA) is 27.1 Å². The van der Waals surface area contributed by atoms with Crippen molar-refractivity contribution in [3.05, 3.63) is 64.1 Å². The fourth-order valence-corrected chi connectivity index (χ4v) is 4.29. The minimum absolute atomic E-state index is 0.645. The highest BCUT2D eigenvalue weighted by Crippen LogP contribution is 2.24. The van der Waals surface area contributed by atoms with E-state index in [1.54, 1.807) is 11.8 Å². The van der Waals surface area contributed by atoms with E-state index in [0.717, 1.165) is 25.5 Å². The van der Waals surface area contributed by atoms with Crippen LogP contribution >= 0.6 is 35.3 Å².